The van der Waals surface area contributed by atoms with E-state index in [1.54, 1.807) is 18.3 Å². The van der Waals surface area contributed by atoms with E-state index in [1.807, 2.05) is 13.0 Å². The van der Waals surface area contributed by atoms with Gasteiger partial charge in [-0.2, -0.15) is 0 Å². The van der Waals surface area contributed by atoms with Crippen molar-refractivity contribution in [1.82, 2.24) is 14.2 Å². The lowest BCUT2D eigenvalue weighted by atomic mass is 10.3. The van der Waals surface area contributed by atoms with Crippen molar-refractivity contribution in [3.05, 3.63) is 34.9 Å². The first kappa shape index (κ1) is 12.0. The second-order valence-electron chi connectivity index (χ2n) is 4.92. The van der Waals surface area contributed by atoms with Crippen LogP contribution in [-0.2, 0) is 16.1 Å². The van der Waals surface area contributed by atoms with Gasteiger partial charge in [0, 0.05) is 6.20 Å². The first-order valence-electron chi connectivity index (χ1n) is 6.37. The largest absolute Gasteiger partial charge is 0.463 e. The van der Waals surface area contributed by atoms with Gasteiger partial charge in [-0.15, -0.1) is 5.10 Å². The predicted octanol–water partition coefficient (Wildman–Crippen LogP) is 0.695. The molecule has 0 spiro atoms. The van der Waals surface area contributed by atoms with Gasteiger partial charge in [-0.3, -0.25) is 9.20 Å². The molecule has 0 bridgehead atoms. The van der Waals surface area contributed by atoms with Crippen molar-refractivity contribution in [1.29, 1.82) is 0 Å². The third-order valence-corrected chi connectivity index (χ3v) is 3.45. The minimum atomic E-state index is -0.216. The second kappa shape index (κ2) is 4.53. The molecule has 0 amide bonds. The van der Waals surface area contributed by atoms with E-state index >= 15 is 0 Å². The third kappa shape index (κ3) is 2.25. The molecule has 6 nitrogen and oxygen atoms in total. The Bertz CT molecular complexity index is 673. The molecule has 0 N–H and O–H groups in total. The standard InChI is InChI=1S/C13H15N3O3/c1-9-8-10(9)12(17)19-7-6-16-13(18)15-5-3-2-4-11(15)14-16/h2-5,9-10H,6-8H2,1H3. The van der Waals surface area contributed by atoms with Crippen LogP contribution in [0.2, 0.25) is 0 Å². The fourth-order valence-electron chi connectivity index (χ4n) is 2.10. The molecule has 0 aromatic carbocycles. The van der Waals surface area contributed by atoms with Crippen molar-refractivity contribution >= 4 is 11.6 Å². The molecule has 1 saturated carbocycles. The van der Waals surface area contributed by atoms with Gasteiger partial charge in [0.1, 0.15) is 6.61 Å². The molecule has 1 aliphatic rings. The molecular formula is C13H15N3O3. The van der Waals surface area contributed by atoms with Gasteiger partial charge in [0.25, 0.3) is 0 Å². The van der Waals surface area contributed by atoms with E-state index in [1.165, 1.54) is 9.08 Å². The minimum Gasteiger partial charge on any atom is -0.463 e. The molecule has 2 unspecified atom stereocenters. The van der Waals surface area contributed by atoms with Crippen molar-refractivity contribution in [3.63, 3.8) is 0 Å². The van der Waals surface area contributed by atoms with Crippen molar-refractivity contribution < 1.29 is 9.53 Å². The number of pyridine rings is 1. The second-order valence-corrected chi connectivity index (χ2v) is 4.92. The van der Waals surface area contributed by atoms with Crippen LogP contribution in [0.15, 0.2) is 29.2 Å². The molecule has 0 saturated heterocycles. The summed E-state index contributed by atoms with van der Waals surface area (Å²) in [7, 11) is 0. The van der Waals surface area contributed by atoms with E-state index in [9.17, 15) is 9.59 Å². The number of carbonyl (C=O) groups is 1. The number of ether oxygens (including phenoxy) is 1. The first-order chi connectivity index (χ1) is 9.16. The van der Waals surface area contributed by atoms with E-state index in [0.29, 0.717) is 11.6 Å². The van der Waals surface area contributed by atoms with Crippen LogP contribution in [0.3, 0.4) is 0 Å². The molecule has 0 radical (unpaired) electrons. The molecule has 3 rings (SSSR count). The van der Waals surface area contributed by atoms with Gasteiger partial charge in [0.05, 0.1) is 12.5 Å². The van der Waals surface area contributed by atoms with Crippen LogP contribution < -0.4 is 5.69 Å². The number of carbonyl (C=O) groups excluding carboxylic acids is 1. The molecule has 19 heavy (non-hydrogen) atoms. The normalized spacial score (nSPS) is 21.5. The molecule has 1 aliphatic carbocycles. The molecule has 2 atom stereocenters. The van der Waals surface area contributed by atoms with Gasteiger partial charge in [0.15, 0.2) is 5.65 Å². The Labute approximate surface area is 109 Å². The van der Waals surface area contributed by atoms with Crippen LogP contribution >= 0.6 is 0 Å². The van der Waals surface area contributed by atoms with Gasteiger partial charge in [-0.25, -0.2) is 9.48 Å². The summed E-state index contributed by atoms with van der Waals surface area (Å²) >= 11 is 0. The Balaban J connectivity index is 1.64. The summed E-state index contributed by atoms with van der Waals surface area (Å²) in [6.45, 7) is 2.50. The molecule has 0 aliphatic heterocycles. The number of fused-ring (bicyclic) bond motifs is 1. The average molecular weight is 261 g/mol. The monoisotopic (exact) mass is 261 g/mol. The summed E-state index contributed by atoms with van der Waals surface area (Å²) in [5.74, 6) is 0.326. The van der Waals surface area contributed by atoms with Crippen molar-refractivity contribution in [2.75, 3.05) is 6.61 Å². The number of rotatable bonds is 4. The summed E-state index contributed by atoms with van der Waals surface area (Å²) < 4.78 is 7.92. The van der Waals surface area contributed by atoms with E-state index < -0.39 is 0 Å². The topological polar surface area (TPSA) is 65.6 Å². The first-order valence-corrected chi connectivity index (χ1v) is 6.37. The highest BCUT2D eigenvalue weighted by molar-refractivity contribution is 5.75. The van der Waals surface area contributed by atoms with Gasteiger partial charge in [0.2, 0.25) is 0 Å². The van der Waals surface area contributed by atoms with Crippen LogP contribution in [0.1, 0.15) is 13.3 Å². The summed E-state index contributed by atoms with van der Waals surface area (Å²) in [4.78, 5) is 23.5. The van der Waals surface area contributed by atoms with Crippen LogP contribution in [0.5, 0.6) is 0 Å². The highest BCUT2D eigenvalue weighted by atomic mass is 16.5. The molecule has 100 valence electrons. The minimum absolute atomic E-state index is 0.0535. The van der Waals surface area contributed by atoms with Gasteiger partial charge in [-0.05, 0) is 24.5 Å². The highest BCUT2D eigenvalue weighted by Gasteiger charge is 2.40. The molecule has 2 heterocycles. The molecule has 2 aromatic heterocycles. The fraction of sp³-hybridized carbons (Fsp3) is 0.462. The Hall–Kier alpha value is -2.11. The van der Waals surface area contributed by atoms with Crippen molar-refractivity contribution in [2.45, 2.75) is 19.9 Å². The number of hydrogen-bond acceptors (Lipinski definition) is 4. The molecular weight excluding hydrogens is 246 g/mol. The zero-order valence-corrected chi connectivity index (χ0v) is 10.7. The lowest BCUT2D eigenvalue weighted by molar-refractivity contribution is -0.145. The maximum absolute atomic E-state index is 11.9. The summed E-state index contributed by atoms with van der Waals surface area (Å²) in [5, 5.41) is 4.16. The Morgan fingerprint density at radius 3 is 3.00 bits per heavy atom. The smallest absolute Gasteiger partial charge is 0.350 e. The van der Waals surface area contributed by atoms with E-state index in [-0.39, 0.29) is 30.7 Å². The number of hydrogen-bond donors (Lipinski definition) is 0. The average Bonchev–Trinajstić information content (AvgIpc) is 3.06. The van der Waals surface area contributed by atoms with E-state index in [4.69, 9.17) is 4.74 Å². The quantitative estimate of drug-likeness (QED) is 0.760. The zero-order chi connectivity index (χ0) is 13.4. The molecule has 2 aromatic rings. The van der Waals surface area contributed by atoms with Crippen LogP contribution in [0.25, 0.3) is 5.65 Å². The summed E-state index contributed by atoms with van der Waals surface area (Å²) in [5.41, 5.74) is 0.376. The highest BCUT2D eigenvalue weighted by Crippen LogP contribution is 2.38. The van der Waals surface area contributed by atoms with Crippen LogP contribution in [-0.4, -0.2) is 26.8 Å². The van der Waals surface area contributed by atoms with Crippen molar-refractivity contribution in [3.8, 4) is 0 Å². The molecule has 6 heteroatoms. The van der Waals surface area contributed by atoms with Crippen LogP contribution in [0, 0.1) is 11.8 Å². The zero-order valence-electron chi connectivity index (χ0n) is 10.7. The maximum atomic E-state index is 11.9. The number of esters is 1. The Morgan fingerprint density at radius 2 is 2.32 bits per heavy atom. The van der Waals surface area contributed by atoms with Gasteiger partial charge in [-0.1, -0.05) is 13.0 Å². The SMILES string of the molecule is CC1CC1C(=O)OCCn1nc2ccccn2c1=O. The number of aromatic nitrogens is 3. The van der Waals surface area contributed by atoms with E-state index in [0.717, 1.165) is 6.42 Å². The number of nitrogens with zero attached hydrogens (tertiary/aromatic N) is 3. The lowest BCUT2D eigenvalue weighted by Crippen LogP contribution is -2.24. The molecule has 1 fully saturated rings. The van der Waals surface area contributed by atoms with Gasteiger partial charge < -0.3 is 4.74 Å². The van der Waals surface area contributed by atoms with Gasteiger partial charge >= 0.3 is 11.7 Å². The predicted molar refractivity (Wildman–Crippen MR) is 67.7 cm³/mol. The Kier molecular flexibility index (Phi) is 2.85. The fourth-order valence-corrected chi connectivity index (χ4v) is 2.10. The third-order valence-electron chi connectivity index (χ3n) is 3.45. The Morgan fingerprint density at radius 1 is 1.53 bits per heavy atom. The summed E-state index contributed by atoms with van der Waals surface area (Å²) in [6.07, 6.45) is 2.58. The van der Waals surface area contributed by atoms with E-state index in [2.05, 4.69) is 5.10 Å². The lowest BCUT2D eigenvalue weighted by Gasteiger charge is -2.02. The summed E-state index contributed by atoms with van der Waals surface area (Å²) in [6, 6.07) is 5.35. The van der Waals surface area contributed by atoms with Crippen molar-refractivity contribution in [2.24, 2.45) is 11.8 Å². The maximum Gasteiger partial charge on any atom is 0.350 e. The van der Waals surface area contributed by atoms with Crippen LogP contribution in [0.4, 0.5) is 0 Å².